The van der Waals surface area contributed by atoms with E-state index in [-0.39, 0.29) is 5.60 Å². The second-order valence-corrected chi connectivity index (χ2v) is 9.28. The highest BCUT2D eigenvalue weighted by atomic mass is 32.2. The lowest BCUT2D eigenvalue weighted by molar-refractivity contribution is -0.0838. The van der Waals surface area contributed by atoms with Crippen molar-refractivity contribution < 1.29 is 4.74 Å². The van der Waals surface area contributed by atoms with E-state index in [1.54, 1.807) is 0 Å². The lowest BCUT2D eigenvalue weighted by Crippen LogP contribution is -2.48. The number of nitrogens with one attached hydrogen (secondary N) is 1. The molecule has 1 N–H and O–H groups in total. The summed E-state index contributed by atoms with van der Waals surface area (Å²) < 4.78 is 6.20. The molecule has 2 heterocycles. The molecule has 4 unspecified atom stereocenters. The van der Waals surface area contributed by atoms with Gasteiger partial charge in [-0.05, 0) is 50.3 Å². The van der Waals surface area contributed by atoms with Gasteiger partial charge in [0.15, 0.2) is 0 Å². The van der Waals surface area contributed by atoms with Gasteiger partial charge < -0.3 is 10.1 Å². The zero-order valence-corrected chi connectivity index (χ0v) is 15.7. The largest absolute Gasteiger partial charge is 0.374 e. The summed E-state index contributed by atoms with van der Waals surface area (Å²) in [6.45, 7) is 9.06. The van der Waals surface area contributed by atoms with Gasteiger partial charge in [0.05, 0.1) is 5.60 Å². The Hall–Kier alpha value is 0.620. The van der Waals surface area contributed by atoms with E-state index in [4.69, 9.17) is 4.74 Å². The summed E-state index contributed by atoms with van der Waals surface area (Å²) in [4.78, 5) is 0. The van der Waals surface area contributed by atoms with Gasteiger partial charge in [-0.1, -0.05) is 20.8 Å². The molecule has 0 saturated carbocycles. The summed E-state index contributed by atoms with van der Waals surface area (Å²) in [5.41, 5.74) is 0.223. The van der Waals surface area contributed by atoms with Crippen molar-refractivity contribution in [1.29, 1.82) is 0 Å². The molecule has 124 valence electrons. The minimum atomic E-state index is 0.223. The highest BCUT2D eigenvalue weighted by molar-refractivity contribution is 8.00. The maximum Gasteiger partial charge on any atom is 0.0783 e. The monoisotopic (exact) mass is 331 g/mol. The second-order valence-electron chi connectivity index (χ2n) is 6.70. The van der Waals surface area contributed by atoms with Gasteiger partial charge >= 0.3 is 0 Å². The fourth-order valence-corrected chi connectivity index (χ4v) is 5.89. The van der Waals surface area contributed by atoms with Crippen molar-refractivity contribution in [3.8, 4) is 0 Å². The van der Waals surface area contributed by atoms with Gasteiger partial charge in [-0.2, -0.15) is 23.5 Å². The Morgan fingerprint density at radius 3 is 2.95 bits per heavy atom. The van der Waals surface area contributed by atoms with E-state index in [9.17, 15) is 0 Å². The van der Waals surface area contributed by atoms with Gasteiger partial charge in [0.1, 0.15) is 0 Å². The van der Waals surface area contributed by atoms with E-state index in [1.807, 2.05) is 0 Å². The van der Waals surface area contributed by atoms with Gasteiger partial charge in [-0.3, -0.25) is 0 Å². The molecule has 0 amide bonds. The molecular formula is C17H33NOS2. The third-order valence-corrected chi connectivity index (χ3v) is 7.64. The minimum Gasteiger partial charge on any atom is -0.374 e. The minimum absolute atomic E-state index is 0.223. The molecular weight excluding hydrogens is 298 g/mol. The van der Waals surface area contributed by atoms with Gasteiger partial charge in [0, 0.05) is 29.4 Å². The number of rotatable bonds is 8. The van der Waals surface area contributed by atoms with Crippen molar-refractivity contribution in [2.24, 2.45) is 5.92 Å². The van der Waals surface area contributed by atoms with Crippen LogP contribution in [0, 0.1) is 5.92 Å². The Kier molecular flexibility index (Phi) is 7.74. The van der Waals surface area contributed by atoms with Crippen LogP contribution in [-0.4, -0.2) is 47.3 Å². The van der Waals surface area contributed by atoms with Crippen LogP contribution in [0.25, 0.3) is 0 Å². The second kappa shape index (κ2) is 9.05. The lowest BCUT2D eigenvalue weighted by Gasteiger charge is -2.41. The van der Waals surface area contributed by atoms with Gasteiger partial charge in [0.25, 0.3) is 0 Å². The molecule has 0 radical (unpaired) electrons. The van der Waals surface area contributed by atoms with Crippen molar-refractivity contribution >= 4 is 23.5 Å². The van der Waals surface area contributed by atoms with Crippen LogP contribution in [0.5, 0.6) is 0 Å². The van der Waals surface area contributed by atoms with Crippen molar-refractivity contribution in [1.82, 2.24) is 5.32 Å². The maximum atomic E-state index is 6.20. The van der Waals surface area contributed by atoms with E-state index < -0.39 is 0 Å². The molecule has 2 nitrogen and oxygen atoms in total. The SMILES string of the molecule is CCCNC(CSC(C)CC)C1CCOC2(CCSC2)C1. The summed E-state index contributed by atoms with van der Waals surface area (Å²) in [6.07, 6.45) is 6.30. The first-order chi connectivity index (χ1) is 10.2. The van der Waals surface area contributed by atoms with E-state index in [0.717, 1.165) is 24.3 Å². The average molecular weight is 332 g/mol. The maximum absolute atomic E-state index is 6.20. The van der Waals surface area contributed by atoms with Gasteiger partial charge in [0.2, 0.25) is 0 Å². The molecule has 2 aliphatic heterocycles. The third kappa shape index (κ3) is 5.33. The molecule has 1 spiro atoms. The fourth-order valence-electron chi connectivity index (χ4n) is 3.35. The molecule has 0 aliphatic carbocycles. The predicted molar refractivity (Wildman–Crippen MR) is 97.6 cm³/mol. The third-order valence-electron chi connectivity index (χ3n) is 4.96. The zero-order chi connectivity index (χ0) is 15.1. The van der Waals surface area contributed by atoms with Crippen LogP contribution in [0.3, 0.4) is 0 Å². The summed E-state index contributed by atoms with van der Waals surface area (Å²) >= 11 is 4.23. The molecule has 2 aliphatic rings. The van der Waals surface area contributed by atoms with Crippen LogP contribution < -0.4 is 5.32 Å². The smallest absolute Gasteiger partial charge is 0.0783 e. The zero-order valence-electron chi connectivity index (χ0n) is 14.0. The van der Waals surface area contributed by atoms with E-state index in [1.165, 1.54) is 49.4 Å². The summed E-state index contributed by atoms with van der Waals surface area (Å²) in [5, 5.41) is 4.63. The Morgan fingerprint density at radius 1 is 1.43 bits per heavy atom. The van der Waals surface area contributed by atoms with E-state index >= 15 is 0 Å². The Balaban J connectivity index is 1.91. The lowest BCUT2D eigenvalue weighted by atomic mass is 9.81. The Morgan fingerprint density at radius 2 is 2.29 bits per heavy atom. The van der Waals surface area contributed by atoms with Crippen molar-refractivity contribution in [3.63, 3.8) is 0 Å². The number of hydrogen-bond donors (Lipinski definition) is 1. The molecule has 4 atom stereocenters. The molecule has 2 rings (SSSR count). The van der Waals surface area contributed by atoms with Crippen LogP contribution in [0.1, 0.15) is 52.9 Å². The Bertz CT molecular complexity index is 295. The van der Waals surface area contributed by atoms with Crippen LogP contribution in [0.15, 0.2) is 0 Å². The predicted octanol–water partition coefficient (Wildman–Crippen LogP) is 4.19. The molecule has 0 aromatic rings. The molecule has 0 bridgehead atoms. The standard InChI is InChI=1S/C17H33NOS2/c1-4-8-18-16(12-21-14(3)5-2)15-6-9-19-17(11-15)7-10-20-13-17/h14-16,18H,4-13H2,1-3H3. The molecule has 0 aromatic heterocycles. The first-order valence-electron chi connectivity index (χ1n) is 8.76. The van der Waals surface area contributed by atoms with Crippen LogP contribution >= 0.6 is 23.5 Å². The normalized spacial score (nSPS) is 32.4. The first kappa shape index (κ1) is 18.0. The number of thioether (sulfide) groups is 2. The van der Waals surface area contributed by atoms with Crippen LogP contribution in [0.2, 0.25) is 0 Å². The van der Waals surface area contributed by atoms with Crippen molar-refractivity contribution in [2.75, 3.05) is 30.4 Å². The van der Waals surface area contributed by atoms with E-state index in [0.29, 0.717) is 6.04 Å². The number of hydrogen-bond acceptors (Lipinski definition) is 4. The van der Waals surface area contributed by atoms with Crippen LogP contribution in [-0.2, 0) is 4.74 Å². The van der Waals surface area contributed by atoms with Gasteiger partial charge in [-0.15, -0.1) is 0 Å². The molecule has 0 aromatic carbocycles. The molecule has 2 saturated heterocycles. The van der Waals surface area contributed by atoms with Gasteiger partial charge in [-0.25, -0.2) is 0 Å². The summed E-state index contributed by atoms with van der Waals surface area (Å²) in [6, 6.07) is 0.676. The summed E-state index contributed by atoms with van der Waals surface area (Å²) in [5.74, 6) is 4.59. The highest BCUT2D eigenvalue weighted by Crippen LogP contribution is 2.41. The highest BCUT2D eigenvalue weighted by Gasteiger charge is 2.42. The molecule has 2 fully saturated rings. The van der Waals surface area contributed by atoms with Crippen molar-refractivity contribution in [2.45, 2.75) is 69.8 Å². The Labute approximate surface area is 139 Å². The summed E-state index contributed by atoms with van der Waals surface area (Å²) in [7, 11) is 0. The van der Waals surface area contributed by atoms with Crippen molar-refractivity contribution in [3.05, 3.63) is 0 Å². The first-order valence-corrected chi connectivity index (χ1v) is 11.0. The average Bonchev–Trinajstić information content (AvgIpc) is 2.94. The van der Waals surface area contributed by atoms with E-state index in [2.05, 4.69) is 49.6 Å². The topological polar surface area (TPSA) is 21.3 Å². The fraction of sp³-hybridized carbons (Fsp3) is 1.00. The van der Waals surface area contributed by atoms with Crippen LogP contribution in [0.4, 0.5) is 0 Å². The number of ether oxygens (including phenoxy) is 1. The molecule has 4 heteroatoms. The quantitative estimate of drug-likeness (QED) is 0.719. The molecule has 21 heavy (non-hydrogen) atoms.